The van der Waals surface area contributed by atoms with Crippen molar-refractivity contribution in [3.05, 3.63) is 41.2 Å². The fraction of sp³-hybridized carbons (Fsp3) is 0.389. The second kappa shape index (κ2) is 7.90. The molecule has 26 heavy (non-hydrogen) atoms. The fourth-order valence-corrected chi connectivity index (χ4v) is 2.82. The third-order valence-electron chi connectivity index (χ3n) is 4.30. The molecule has 2 amide bonds. The summed E-state index contributed by atoms with van der Waals surface area (Å²) in [6.45, 7) is 3.50. The third kappa shape index (κ3) is 3.96. The van der Waals surface area contributed by atoms with Crippen LogP contribution in [0.1, 0.15) is 41.5 Å². The Labute approximate surface area is 151 Å². The number of rotatable bonds is 6. The number of aromatic amines is 1. The van der Waals surface area contributed by atoms with E-state index in [-0.39, 0.29) is 18.3 Å². The van der Waals surface area contributed by atoms with Crippen LogP contribution in [0.4, 0.5) is 10.5 Å². The molecule has 0 unspecified atom stereocenters. The monoisotopic (exact) mass is 358 g/mol. The molecule has 0 saturated carbocycles. The van der Waals surface area contributed by atoms with E-state index in [2.05, 4.69) is 22.4 Å². The van der Waals surface area contributed by atoms with Crippen molar-refractivity contribution in [2.75, 3.05) is 18.5 Å². The van der Waals surface area contributed by atoms with Gasteiger partial charge in [0.2, 0.25) is 0 Å². The fourth-order valence-electron chi connectivity index (χ4n) is 2.82. The number of aromatic carboxylic acids is 1. The molecule has 0 saturated heterocycles. The molecule has 1 aromatic heterocycles. The number of nitrogens with one attached hydrogen (secondary N) is 2. The Morgan fingerprint density at radius 3 is 2.81 bits per heavy atom. The molecular formula is C18H22N4O4. The molecule has 2 heterocycles. The van der Waals surface area contributed by atoms with Crippen molar-refractivity contribution in [2.24, 2.45) is 0 Å². The number of carboxylic acids is 1. The average Bonchev–Trinajstić information content (AvgIpc) is 3.07. The minimum atomic E-state index is -1.09. The zero-order valence-electron chi connectivity index (χ0n) is 14.6. The topological polar surface area (TPSA) is 108 Å². The summed E-state index contributed by atoms with van der Waals surface area (Å²) >= 11 is 0. The summed E-state index contributed by atoms with van der Waals surface area (Å²) in [7, 11) is 0. The molecule has 0 aliphatic carbocycles. The minimum Gasteiger partial charge on any atom is -0.494 e. The lowest BCUT2D eigenvalue weighted by atomic mass is 10.1. The standard InChI is InChI=1S/C18H22N4O4/c1-2-3-10-26-13-6-4-12(5-7-13)19-18(25)22-9-8-15-14(11-22)16(17(23)24)21-20-15/h4-7H,2-3,8-11H2,1H3,(H,19,25)(H,20,21)(H,23,24). The minimum absolute atomic E-state index is 0.0221. The van der Waals surface area contributed by atoms with Crippen LogP contribution in [-0.4, -0.2) is 45.4 Å². The largest absolute Gasteiger partial charge is 0.494 e. The van der Waals surface area contributed by atoms with Crippen molar-refractivity contribution in [2.45, 2.75) is 32.7 Å². The number of aromatic nitrogens is 2. The van der Waals surface area contributed by atoms with Crippen molar-refractivity contribution >= 4 is 17.7 Å². The van der Waals surface area contributed by atoms with Crippen LogP contribution < -0.4 is 10.1 Å². The van der Waals surface area contributed by atoms with Crippen LogP contribution in [0.25, 0.3) is 0 Å². The molecular weight excluding hydrogens is 336 g/mol. The van der Waals surface area contributed by atoms with Gasteiger partial charge in [0.1, 0.15) is 5.75 Å². The molecule has 1 aliphatic heterocycles. The maximum absolute atomic E-state index is 12.5. The van der Waals surface area contributed by atoms with Crippen LogP contribution in [0.5, 0.6) is 5.75 Å². The Morgan fingerprint density at radius 2 is 2.12 bits per heavy atom. The molecule has 1 aliphatic rings. The lowest BCUT2D eigenvalue weighted by Crippen LogP contribution is -2.39. The Morgan fingerprint density at radius 1 is 1.35 bits per heavy atom. The van der Waals surface area contributed by atoms with Gasteiger partial charge in [0.25, 0.3) is 0 Å². The van der Waals surface area contributed by atoms with E-state index in [0.717, 1.165) is 24.3 Å². The lowest BCUT2D eigenvalue weighted by Gasteiger charge is -2.27. The summed E-state index contributed by atoms with van der Waals surface area (Å²) in [6.07, 6.45) is 2.63. The third-order valence-corrected chi connectivity index (χ3v) is 4.30. The zero-order valence-corrected chi connectivity index (χ0v) is 14.6. The number of carboxylic acid groups (broad SMARTS) is 1. The van der Waals surface area contributed by atoms with Gasteiger partial charge in [-0.3, -0.25) is 5.10 Å². The Hall–Kier alpha value is -3.03. The molecule has 1 aromatic carbocycles. The van der Waals surface area contributed by atoms with Gasteiger partial charge in [-0.05, 0) is 30.7 Å². The van der Waals surface area contributed by atoms with Gasteiger partial charge >= 0.3 is 12.0 Å². The van der Waals surface area contributed by atoms with Gasteiger partial charge in [0, 0.05) is 29.9 Å². The zero-order chi connectivity index (χ0) is 18.5. The van der Waals surface area contributed by atoms with Crippen LogP contribution in [0.3, 0.4) is 0 Å². The summed E-state index contributed by atoms with van der Waals surface area (Å²) in [5.41, 5.74) is 1.99. The van der Waals surface area contributed by atoms with Gasteiger partial charge in [-0.2, -0.15) is 5.10 Å². The van der Waals surface area contributed by atoms with E-state index in [4.69, 9.17) is 4.74 Å². The van der Waals surface area contributed by atoms with Crippen molar-refractivity contribution in [1.29, 1.82) is 0 Å². The van der Waals surface area contributed by atoms with Gasteiger partial charge in [-0.15, -0.1) is 0 Å². The van der Waals surface area contributed by atoms with Gasteiger partial charge in [0.15, 0.2) is 5.69 Å². The highest BCUT2D eigenvalue weighted by Crippen LogP contribution is 2.22. The number of urea groups is 1. The van der Waals surface area contributed by atoms with E-state index in [1.54, 1.807) is 17.0 Å². The number of nitrogens with zero attached hydrogens (tertiary/aromatic N) is 2. The number of carbonyl (C=O) groups excluding carboxylic acids is 1. The van der Waals surface area contributed by atoms with Gasteiger partial charge < -0.3 is 20.1 Å². The molecule has 3 rings (SSSR count). The summed E-state index contributed by atoms with van der Waals surface area (Å²) in [5.74, 6) is -0.327. The van der Waals surface area contributed by atoms with Gasteiger partial charge in [0.05, 0.1) is 13.2 Å². The normalized spacial score (nSPS) is 13.2. The first-order valence-electron chi connectivity index (χ1n) is 8.66. The first-order valence-corrected chi connectivity index (χ1v) is 8.66. The average molecular weight is 358 g/mol. The van der Waals surface area contributed by atoms with E-state index in [1.807, 2.05) is 12.1 Å². The molecule has 8 nitrogen and oxygen atoms in total. The number of ether oxygens (including phenoxy) is 1. The Bertz CT molecular complexity index is 785. The van der Waals surface area contributed by atoms with Crippen LogP contribution in [0, 0.1) is 0 Å². The van der Waals surface area contributed by atoms with E-state index >= 15 is 0 Å². The highest BCUT2D eigenvalue weighted by atomic mass is 16.5. The van der Waals surface area contributed by atoms with Crippen LogP contribution in [-0.2, 0) is 13.0 Å². The van der Waals surface area contributed by atoms with E-state index < -0.39 is 5.97 Å². The molecule has 2 aromatic rings. The lowest BCUT2D eigenvalue weighted by molar-refractivity contribution is 0.0688. The second-order valence-corrected chi connectivity index (χ2v) is 6.16. The number of H-pyrrole nitrogens is 1. The number of anilines is 1. The highest BCUT2D eigenvalue weighted by molar-refractivity contribution is 5.90. The second-order valence-electron chi connectivity index (χ2n) is 6.16. The number of unbranched alkanes of at least 4 members (excludes halogenated alkanes) is 1. The number of hydrogen-bond acceptors (Lipinski definition) is 4. The number of carbonyl (C=O) groups is 2. The Balaban J connectivity index is 1.60. The maximum Gasteiger partial charge on any atom is 0.356 e. The Kier molecular flexibility index (Phi) is 5.40. The number of amides is 2. The summed E-state index contributed by atoms with van der Waals surface area (Å²) in [6, 6.07) is 6.94. The summed E-state index contributed by atoms with van der Waals surface area (Å²) < 4.78 is 5.60. The maximum atomic E-state index is 12.5. The summed E-state index contributed by atoms with van der Waals surface area (Å²) in [5, 5.41) is 18.6. The van der Waals surface area contributed by atoms with Crippen molar-refractivity contribution in [1.82, 2.24) is 15.1 Å². The quantitative estimate of drug-likeness (QED) is 0.688. The molecule has 0 radical (unpaired) electrons. The number of hydrogen-bond donors (Lipinski definition) is 3. The molecule has 0 spiro atoms. The van der Waals surface area contributed by atoms with E-state index in [0.29, 0.717) is 30.8 Å². The SMILES string of the molecule is CCCCOc1ccc(NC(=O)N2CCc3[nH]nc(C(=O)O)c3C2)cc1. The first-order chi connectivity index (χ1) is 12.6. The van der Waals surface area contributed by atoms with Crippen LogP contribution >= 0.6 is 0 Å². The number of fused-ring (bicyclic) bond motifs is 1. The molecule has 0 bridgehead atoms. The van der Waals surface area contributed by atoms with Crippen molar-refractivity contribution < 1.29 is 19.4 Å². The molecule has 0 fully saturated rings. The van der Waals surface area contributed by atoms with Gasteiger partial charge in [-0.1, -0.05) is 13.3 Å². The molecule has 8 heteroatoms. The molecule has 138 valence electrons. The van der Waals surface area contributed by atoms with E-state index in [9.17, 15) is 14.7 Å². The molecule has 0 atom stereocenters. The predicted molar refractivity (Wildman–Crippen MR) is 95.5 cm³/mol. The van der Waals surface area contributed by atoms with Crippen molar-refractivity contribution in [3.63, 3.8) is 0 Å². The van der Waals surface area contributed by atoms with Crippen LogP contribution in [0.15, 0.2) is 24.3 Å². The predicted octanol–water partition coefficient (Wildman–Crippen LogP) is 2.88. The summed E-state index contributed by atoms with van der Waals surface area (Å²) in [4.78, 5) is 25.3. The molecule has 3 N–H and O–H groups in total. The smallest absolute Gasteiger partial charge is 0.356 e. The number of benzene rings is 1. The highest BCUT2D eigenvalue weighted by Gasteiger charge is 2.27. The van der Waals surface area contributed by atoms with Gasteiger partial charge in [-0.25, -0.2) is 9.59 Å². The van der Waals surface area contributed by atoms with Crippen LogP contribution in [0.2, 0.25) is 0 Å². The van der Waals surface area contributed by atoms with Crippen molar-refractivity contribution in [3.8, 4) is 5.75 Å². The van der Waals surface area contributed by atoms with E-state index in [1.165, 1.54) is 0 Å². The first kappa shape index (κ1) is 17.8.